The second kappa shape index (κ2) is 5.09. The molecule has 0 bridgehead atoms. The molecule has 1 saturated heterocycles. The molecule has 0 aromatic heterocycles. The third kappa shape index (κ3) is 2.17. The van der Waals surface area contributed by atoms with Crippen LogP contribution in [0.5, 0.6) is 0 Å². The zero-order valence-electron chi connectivity index (χ0n) is 10.6. The molecule has 1 aliphatic heterocycles. The number of nitriles is 1. The normalized spacial score (nSPS) is 19.3. The van der Waals surface area contributed by atoms with Crippen LogP contribution >= 0.6 is 0 Å². The molecule has 0 saturated carbocycles. The number of benzene rings is 1. The molecule has 1 amide bonds. The molecule has 1 aromatic carbocycles. The van der Waals surface area contributed by atoms with Crippen molar-refractivity contribution in [1.29, 1.82) is 5.26 Å². The lowest BCUT2D eigenvalue weighted by Crippen LogP contribution is -2.43. The summed E-state index contributed by atoms with van der Waals surface area (Å²) in [5, 5.41) is 8.97. The Hall–Kier alpha value is -2.02. The summed E-state index contributed by atoms with van der Waals surface area (Å²) in [5.74, 6) is -0.257. The average Bonchev–Trinajstić information content (AvgIpc) is 2.39. The molecule has 1 heterocycles. The lowest BCUT2D eigenvalue weighted by atomic mass is 10.0. The highest BCUT2D eigenvalue weighted by Gasteiger charge is 2.30. The Balaban J connectivity index is 2.41. The molecule has 0 radical (unpaired) electrons. The first-order chi connectivity index (χ1) is 8.67. The predicted octanol–water partition coefficient (Wildman–Crippen LogP) is 2.65. The number of para-hydroxylation sites is 1. The summed E-state index contributed by atoms with van der Waals surface area (Å²) in [7, 11) is 0. The summed E-state index contributed by atoms with van der Waals surface area (Å²) in [4.78, 5) is 13.5. The van der Waals surface area contributed by atoms with Gasteiger partial charge in [0.1, 0.15) is 6.61 Å². The summed E-state index contributed by atoms with van der Waals surface area (Å²) in [6.07, 6.45) is 0.489. The predicted molar refractivity (Wildman–Crippen MR) is 68.4 cm³/mol. The van der Waals surface area contributed by atoms with Gasteiger partial charge in [-0.2, -0.15) is 5.26 Å². The maximum atomic E-state index is 11.9. The van der Waals surface area contributed by atoms with Crippen molar-refractivity contribution in [3.8, 4) is 6.07 Å². The topological polar surface area (TPSA) is 53.3 Å². The van der Waals surface area contributed by atoms with Crippen LogP contribution in [0.15, 0.2) is 18.2 Å². The van der Waals surface area contributed by atoms with E-state index in [4.69, 9.17) is 10.00 Å². The average molecular weight is 244 g/mol. The van der Waals surface area contributed by atoms with Crippen molar-refractivity contribution in [2.45, 2.75) is 20.3 Å². The van der Waals surface area contributed by atoms with Gasteiger partial charge in [-0.05, 0) is 24.5 Å². The van der Waals surface area contributed by atoms with Gasteiger partial charge in [0.25, 0.3) is 0 Å². The monoisotopic (exact) mass is 244 g/mol. The van der Waals surface area contributed by atoms with Crippen LogP contribution in [0.2, 0.25) is 0 Å². The molecule has 94 valence electrons. The Labute approximate surface area is 107 Å². The van der Waals surface area contributed by atoms with Crippen molar-refractivity contribution in [3.63, 3.8) is 0 Å². The van der Waals surface area contributed by atoms with Crippen LogP contribution in [-0.2, 0) is 11.2 Å². The van der Waals surface area contributed by atoms with Crippen LogP contribution < -0.4 is 4.90 Å². The SMILES string of the molecule is CCc1cccc(C)c1N1CC(C#N)COC1=O. The largest absolute Gasteiger partial charge is 0.448 e. The number of amides is 1. The molecule has 1 unspecified atom stereocenters. The van der Waals surface area contributed by atoms with E-state index in [0.29, 0.717) is 6.54 Å². The Bertz CT molecular complexity index is 505. The third-order valence-electron chi connectivity index (χ3n) is 3.19. The molecule has 18 heavy (non-hydrogen) atoms. The van der Waals surface area contributed by atoms with Gasteiger partial charge in [-0.1, -0.05) is 25.1 Å². The number of carbonyl (C=O) groups is 1. The van der Waals surface area contributed by atoms with E-state index in [9.17, 15) is 4.79 Å². The second-order valence-electron chi connectivity index (χ2n) is 4.45. The van der Waals surface area contributed by atoms with Gasteiger partial charge >= 0.3 is 6.09 Å². The van der Waals surface area contributed by atoms with Crippen molar-refractivity contribution < 1.29 is 9.53 Å². The number of hydrogen-bond donors (Lipinski definition) is 0. The van der Waals surface area contributed by atoms with Crippen LogP contribution in [0.4, 0.5) is 10.5 Å². The fourth-order valence-corrected chi connectivity index (χ4v) is 2.25. The maximum Gasteiger partial charge on any atom is 0.414 e. The van der Waals surface area contributed by atoms with Gasteiger partial charge < -0.3 is 4.74 Å². The lowest BCUT2D eigenvalue weighted by Gasteiger charge is -2.31. The fourth-order valence-electron chi connectivity index (χ4n) is 2.25. The first kappa shape index (κ1) is 12.4. The lowest BCUT2D eigenvalue weighted by molar-refractivity contribution is 0.127. The van der Waals surface area contributed by atoms with Crippen LogP contribution in [0.3, 0.4) is 0 Å². The first-order valence-corrected chi connectivity index (χ1v) is 6.09. The molecular formula is C14H16N2O2. The van der Waals surface area contributed by atoms with Crippen molar-refractivity contribution in [1.82, 2.24) is 0 Å². The number of rotatable bonds is 2. The number of ether oxygens (including phenoxy) is 1. The van der Waals surface area contributed by atoms with Gasteiger partial charge in [0.15, 0.2) is 0 Å². The molecule has 0 spiro atoms. The zero-order chi connectivity index (χ0) is 13.1. The number of carbonyl (C=O) groups excluding carboxylic acids is 1. The highest BCUT2D eigenvalue weighted by atomic mass is 16.6. The summed E-state index contributed by atoms with van der Waals surface area (Å²) in [6.45, 7) is 4.62. The van der Waals surface area contributed by atoms with E-state index in [2.05, 4.69) is 13.0 Å². The van der Waals surface area contributed by atoms with Gasteiger partial charge in [-0.3, -0.25) is 4.90 Å². The standard InChI is InChI=1S/C14H16N2O2/c1-3-12-6-4-5-10(2)13(12)16-8-11(7-15)9-18-14(16)17/h4-6,11H,3,8-9H2,1-2H3. The van der Waals surface area contributed by atoms with E-state index in [-0.39, 0.29) is 18.6 Å². The Morgan fingerprint density at radius 2 is 2.33 bits per heavy atom. The van der Waals surface area contributed by atoms with Gasteiger partial charge in [0.2, 0.25) is 0 Å². The van der Waals surface area contributed by atoms with Crippen molar-refractivity contribution in [2.24, 2.45) is 5.92 Å². The molecule has 0 aliphatic carbocycles. The van der Waals surface area contributed by atoms with Crippen molar-refractivity contribution in [2.75, 3.05) is 18.1 Å². The van der Waals surface area contributed by atoms with Gasteiger partial charge in [0, 0.05) is 6.54 Å². The van der Waals surface area contributed by atoms with Crippen LogP contribution in [0, 0.1) is 24.2 Å². The Morgan fingerprint density at radius 1 is 1.56 bits per heavy atom. The highest BCUT2D eigenvalue weighted by molar-refractivity contribution is 5.90. The highest BCUT2D eigenvalue weighted by Crippen LogP contribution is 2.29. The summed E-state index contributed by atoms with van der Waals surface area (Å²) < 4.78 is 5.07. The molecule has 1 aliphatic rings. The van der Waals surface area contributed by atoms with Crippen molar-refractivity contribution >= 4 is 11.8 Å². The Morgan fingerprint density at radius 3 is 3.00 bits per heavy atom. The summed E-state index contributed by atoms with van der Waals surface area (Å²) in [5.41, 5.74) is 3.03. The minimum absolute atomic E-state index is 0.194. The molecule has 4 nitrogen and oxygen atoms in total. The van der Waals surface area contributed by atoms with E-state index in [1.165, 1.54) is 0 Å². The van der Waals surface area contributed by atoms with E-state index >= 15 is 0 Å². The summed E-state index contributed by atoms with van der Waals surface area (Å²) in [6, 6.07) is 8.12. The molecule has 1 aromatic rings. The number of aryl methyl sites for hydroxylation is 2. The molecule has 2 rings (SSSR count). The minimum Gasteiger partial charge on any atom is -0.448 e. The number of cyclic esters (lactones) is 1. The molecule has 1 atom stereocenters. The summed E-state index contributed by atoms with van der Waals surface area (Å²) >= 11 is 0. The van der Waals surface area contributed by atoms with Crippen molar-refractivity contribution in [3.05, 3.63) is 29.3 Å². The van der Waals surface area contributed by atoms with Gasteiger partial charge in [-0.15, -0.1) is 0 Å². The van der Waals surface area contributed by atoms with Crippen LogP contribution in [-0.4, -0.2) is 19.2 Å². The van der Waals surface area contributed by atoms with Gasteiger partial charge in [0.05, 0.1) is 17.7 Å². The molecule has 4 heteroatoms. The van der Waals surface area contributed by atoms with E-state index in [1.54, 1.807) is 4.90 Å². The molecular weight excluding hydrogens is 228 g/mol. The maximum absolute atomic E-state index is 11.9. The van der Waals surface area contributed by atoms with E-state index in [1.807, 2.05) is 25.1 Å². The van der Waals surface area contributed by atoms with E-state index in [0.717, 1.165) is 23.2 Å². The van der Waals surface area contributed by atoms with Gasteiger partial charge in [-0.25, -0.2) is 4.79 Å². The number of hydrogen-bond acceptors (Lipinski definition) is 3. The molecule has 1 fully saturated rings. The first-order valence-electron chi connectivity index (χ1n) is 6.09. The van der Waals surface area contributed by atoms with Crippen LogP contribution in [0.25, 0.3) is 0 Å². The minimum atomic E-state index is -0.356. The number of anilines is 1. The quantitative estimate of drug-likeness (QED) is 0.803. The third-order valence-corrected chi connectivity index (χ3v) is 3.19. The van der Waals surface area contributed by atoms with E-state index < -0.39 is 0 Å². The Kier molecular flexibility index (Phi) is 3.52. The fraction of sp³-hybridized carbons (Fsp3) is 0.429. The zero-order valence-corrected chi connectivity index (χ0v) is 10.6. The van der Waals surface area contributed by atoms with Crippen LogP contribution in [0.1, 0.15) is 18.1 Å². The number of nitrogens with zero attached hydrogens (tertiary/aromatic N) is 2. The second-order valence-corrected chi connectivity index (χ2v) is 4.45. The smallest absolute Gasteiger partial charge is 0.414 e. The molecule has 0 N–H and O–H groups in total.